The third kappa shape index (κ3) is 2.89. The van der Waals surface area contributed by atoms with Gasteiger partial charge >= 0.3 is 0 Å². The minimum atomic E-state index is -0.131. The van der Waals surface area contributed by atoms with Gasteiger partial charge in [0.2, 0.25) is 0 Å². The highest BCUT2D eigenvalue weighted by Crippen LogP contribution is 2.14. The van der Waals surface area contributed by atoms with Gasteiger partial charge in [0.1, 0.15) is 0 Å². The van der Waals surface area contributed by atoms with E-state index in [1.807, 2.05) is 59.4 Å². The fourth-order valence-corrected chi connectivity index (χ4v) is 2.56. The van der Waals surface area contributed by atoms with Gasteiger partial charge in [-0.1, -0.05) is 12.1 Å². The molecule has 3 aromatic heterocycles. The number of aromatic nitrogens is 4. The molecule has 6 nitrogen and oxygen atoms in total. The zero-order valence-electron chi connectivity index (χ0n) is 12.8. The van der Waals surface area contributed by atoms with E-state index in [9.17, 15) is 4.79 Å². The van der Waals surface area contributed by atoms with E-state index in [4.69, 9.17) is 0 Å². The number of amides is 1. The maximum atomic E-state index is 12.4. The van der Waals surface area contributed by atoms with Gasteiger partial charge in [-0.3, -0.25) is 4.79 Å². The van der Waals surface area contributed by atoms with Gasteiger partial charge in [0.05, 0.1) is 11.8 Å². The Labute approximate surface area is 138 Å². The van der Waals surface area contributed by atoms with Crippen molar-refractivity contribution < 1.29 is 4.79 Å². The lowest BCUT2D eigenvalue weighted by Crippen LogP contribution is -2.12. The zero-order valence-corrected chi connectivity index (χ0v) is 12.8. The van der Waals surface area contributed by atoms with Gasteiger partial charge in [-0.25, -0.2) is 9.50 Å². The summed E-state index contributed by atoms with van der Waals surface area (Å²) in [5.74, 6) is -0.131. The molecular formula is C18H15N5O. The lowest BCUT2D eigenvalue weighted by atomic mass is 10.1. The first-order valence-electron chi connectivity index (χ1n) is 7.57. The molecule has 0 saturated carbocycles. The van der Waals surface area contributed by atoms with Crippen molar-refractivity contribution in [1.29, 1.82) is 0 Å². The zero-order chi connectivity index (χ0) is 16.4. The van der Waals surface area contributed by atoms with Gasteiger partial charge in [-0.2, -0.15) is 5.10 Å². The second-order valence-electron chi connectivity index (χ2n) is 5.50. The Bertz CT molecular complexity index is 970. The molecule has 0 unspecified atom stereocenters. The van der Waals surface area contributed by atoms with E-state index in [1.165, 1.54) is 0 Å². The maximum Gasteiger partial charge on any atom is 0.255 e. The van der Waals surface area contributed by atoms with E-state index in [-0.39, 0.29) is 5.91 Å². The smallest absolute Gasteiger partial charge is 0.255 e. The molecule has 4 rings (SSSR count). The Hall–Kier alpha value is -3.41. The molecule has 1 amide bonds. The van der Waals surface area contributed by atoms with Gasteiger partial charge in [-0.05, 0) is 35.9 Å². The molecule has 0 atom stereocenters. The molecule has 3 heterocycles. The third-order valence-corrected chi connectivity index (χ3v) is 3.80. The van der Waals surface area contributed by atoms with Gasteiger partial charge in [0.25, 0.3) is 5.91 Å². The molecule has 0 saturated heterocycles. The molecule has 0 aliphatic carbocycles. The Morgan fingerprint density at radius 1 is 1.04 bits per heavy atom. The normalized spacial score (nSPS) is 10.8. The molecule has 118 valence electrons. The number of carbonyl (C=O) groups is 1. The van der Waals surface area contributed by atoms with Gasteiger partial charge in [0.15, 0.2) is 0 Å². The highest BCUT2D eigenvalue weighted by atomic mass is 16.1. The maximum absolute atomic E-state index is 12.4. The highest BCUT2D eigenvalue weighted by Gasteiger charge is 2.07. The van der Waals surface area contributed by atoms with Gasteiger partial charge in [-0.15, -0.1) is 0 Å². The standard InChI is InChI=1S/C18H15N5O/c24-18(21-16-6-9-23-17(11-16)5-7-20-23)15-3-1-14(2-4-15)12-22-10-8-19-13-22/h1-11,13H,12H2,(H,21,24). The van der Waals surface area contributed by atoms with Crippen LogP contribution in [0, 0.1) is 0 Å². The van der Waals surface area contributed by atoms with E-state index in [2.05, 4.69) is 15.4 Å². The lowest BCUT2D eigenvalue weighted by molar-refractivity contribution is 0.102. The summed E-state index contributed by atoms with van der Waals surface area (Å²) >= 11 is 0. The van der Waals surface area contributed by atoms with Crippen molar-refractivity contribution in [3.8, 4) is 0 Å². The highest BCUT2D eigenvalue weighted by molar-refractivity contribution is 6.04. The number of imidazole rings is 1. The summed E-state index contributed by atoms with van der Waals surface area (Å²) in [7, 11) is 0. The summed E-state index contributed by atoms with van der Waals surface area (Å²) < 4.78 is 3.73. The summed E-state index contributed by atoms with van der Waals surface area (Å²) in [6.45, 7) is 0.736. The van der Waals surface area contributed by atoms with E-state index < -0.39 is 0 Å². The number of nitrogens with one attached hydrogen (secondary N) is 1. The Morgan fingerprint density at radius 2 is 1.92 bits per heavy atom. The van der Waals surface area contributed by atoms with Crippen LogP contribution in [0.4, 0.5) is 5.69 Å². The van der Waals surface area contributed by atoms with Crippen LogP contribution in [0.5, 0.6) is 0 Å². The summed E-state index contributed by atoms with van der Waals surface area (Å²) in [6, 6.07) is 13.2. The summed E-state index contributed by atoms with van der Waals surface area (Å²) in [4.78, 5) is 16.4. The molecule has 4 aromatic rings. The fourth-order valence-electron chi connectivity index (χ4n) is 2.56. The SMILES string of the molecule is O=C(Nc1ccn2nccc2c1)c1ccc(Cn2ccnc2)cc1. The summed E-state index contributed by atoms with van der Waals surface area (Å²) in [6.07, 6.45) is 8.97. The number of hydrogen-bond donors (Lipinski definition) is 1. The molecule has 0 aliphatic heterocycles. The van der Waals surface area contributed by atoms with E-state index in [0.717, 1.165) is 23.3 Å². The Balaban J connectivity index is 1.47. The topological polar surface area (TPSA) is 64.2 Å². The van der Waals surface area contributed by atoms with Gasteiger partial charge in [0, 0.05) is 42.6 Å². The van der Waals surface area contributed by atoms with Crippen molar-refractivity contribution in [2.24, 2.45) is 0 Å². The van der Waals surface area contributed by atoms with Crippen molar-refractivity contribution >= 4 is 17.1 Å². The molecule has 0 bridgehead atoms. The molecule has 0 radical (unpaired) electrons. The number of pyridine rings is 1. The number of rotatable bonds is 4. The monoisotopic (exact) mass is 317 g/mol. The number of nitrogens with zero attached hydrogens (tertiary/aromatic N) is 4. The Kier molecular flexibility index (Phi) is 3.55. The average Bonchev–Trinajstić information content (AvgIpc) is 3.26. The summed E-state index contributed by atoms with van der Waals surface area (Å²) in [5, 5.41) is 7.04. The van der Waals surface area contributed by atoms with E-state index in [0.29, 0.717) is 5.56 Å². The van der Waals surface area contributed by atoms with Crippen LogP contribution in [0.2, 0.25) is 0 Å². The first-order chi connectivity index (χ1) is 11.8. The third-order valence-electron chi connectivity index (χ3n) is 3.80. The molecule has 1 aromatic carbocycles. The number of fused-ring (bicyclic) bond motifs is 1. The largest absolute Gasteiger partial charge is 0.333 e. The van der Waals surface area contributed by atoms with Crippen LogP contribution >= 0.6 is 0 Å². The number of benzene rings is 1. The molecule has 0 fully saturated rings. The van der Waals surface area contributed by atoms with E-state index in [1.54, 1.807) is 23.2 Å². The predicted octanol–water partition coefficient (Wildman–Crippen LogP) is 2.83. The lowest BCUT2D eigenvalue weighted by Gasteiger charge is -2.07. The number of hydrogen-bond acceptors (Lipinski definition) is 3. The first-order valence-corrected chi connectivity index (χ1v) is 7.57. The van der Waals surface area contributed by atoms with Crippen LogP contribution in [0.15, 0.2) is 73.6 Å². The summed E-state index contributed by atoms with van der Waals surface area (Å²) in [5.41, 5.74) is 3.42. The number of carbonyl (C=O) groups excluding carboxylic acids is 1. The molecule has 0 spiro atoms. The quantitative estimate of drug-likeness (QED) is 0.629. The second-order valence-corrected chi connectivity index (χ2v) is 5.50. The van der Waals surface area contributed by atoms with Crippen molar-refractivity contribution in [2.75, 3.05) is 5.32 Å². The second kappa shape index (κ2) is 6.00. The molecule has 24 heavy (non-hydrogen) atoms. The van der Waals surface area contributed by atoms with Crippen LogP contribution in [-0.4, -0.2) is 25.1 Å². The number of anilines is 1. The van der Waals surface area contributed by atoms with Gasteiger partial charge < -0.3 is 9.88 Å². The molecular weight excluding hydrogens is 302 g/mol. The molecule has 0 aliphatic rings. The van der Waals surface area contributed by atoms with E-state index >= 15 is 0 Å². The van der Waals surface area contributed by atoms with Crippen LogP contribution in [0.3, 0.4) is 0 Å². The first kappa shape index (κ1) is 14.2. The van der Waals surface area contributed by atoms with Crippen molar-refractivity contribution in [3.05, 3.63) is 84.7 Å². The molecule has 1 N–H and O–H groups in total. The van der Waals surface area contributed by atoms with Crippen LogP contribution < -0.4 is 5.32 Å². The van der Waals surface area contributed by atoms with Crippen molar-refractivity contribution in [3.63, 3.8) is 0 Å². The fraction of sp³-hybridized carbons (Fsp3) is 0.0556. The Morgan fingerprint density at radius 3 is 2.71 bits per heavy atom. The molecule has 6 heteroatoms. The predicted molar refractivity (Wildman–Crippen MR) is 90.9 cm³/mol. The van der Waals surface area contributed by atoms with Crippen molar-refractivity contribution in [1.82, 2.24) is 19.2 Å². The minimum Gasteiger partial charge on any atom is -0.333 e. The van der Waals surface area contributed by atoms with Crippen molar-refractivity contribution in [2.45, 2.75) is 6.54 Å². The average molecular weight is 317 g/mol. The van der Waals surface area contributed by atoms with Crippen LogP contribution in [0.1, 0.15) is 15.9 Å². The van der Waals surface area contributed by atoms with Crippen LogP contribution in [-0.2, 0) is 6.54 Å². The minimum absolute atomic E-state index is 0.131. The van der Waals surface area contributed by atoms with Crippen LogP contribution in [0.25, 0.3) is 5.52 Å².